The second-order valence-electron chi connectivity index (χ2n) is 4.34. The van der Waals surface area contributed by atoms with Gasteiger partial charge in [-0.2, -0.15) is 0 Å². The van der Waals surface area contributed by atoms with Crippen LogP contribution in [0.15, 0.2) is 46.9 Å². The third-order valence-electron chi connectivity index (χ3n) is 2.87. The molecule has 6 heteroatoms. The minimum atomic E-state index is -0.489. The lowest BCUT2D eigenvalue weighted by Gasteiger charge is -2.16. The van der Waals surface area contributed by atoms with Gasteiger partial charge in [0, 0.05) is 22.3 Å². The number of rotatable bonds is 4. The van der Waals surface area contributed by atoms with Crippen LogP contribution >= 0.6 is 27.5 Å². The van der Waals surface area contributed by atoms with Crippen LogP contribution in [0.25, 0.3) is 0 Å². The Kier molecular flexibility index (Phi) is 4.62. The van der Waals surface area contributed by atoms with Crippen molar-refractivity contribution in [2.24, 2.45) is 0 Å². The first-order chi connectivity index (χ1) is 9.47. The maximum atomic E-state index is 10.9. The van der Waals surface area contributed by atoms with Crippen molar-refractivity contribution in [3.8, 4) is 0 Å². The Morgan fingerprint density at radius 3 is 2.70 bits per heavy atom. The van der Waals surface area contributed by atoms with Crippen LogP contribution in [0.3, 0.4) is 0 Å². The minimum Gasteiger partial charge on any atom is -0.378 e. The van der Waals surface area contributed by atoms with Crippen molar-refractivity contribution in [1.29, 1.82) is 0 Å². The fourth-order valence-electron chi connectivity index (χ4n) is 1.85. The number of nitrogens with zero attached hydrogens (tertiary/aromatic N) is 1. The number of anilines is 1. The molecule has 0 spiro atoms. The Morgan fingerprint density at radius 1 is 1.30 bits per heavy atom. The van der Waals surface area contributed by atoms with Gasteiger partial charge in [0.25, 0.3) is 5.69 Å². The predicted molar refractivity (Wildman–Crippen MR) is 84.3 cm³/mol. The molecule has 0 aliphatic rings. The van der Waals surface area contributed by atoms with Gasteiger partial charge in [0.1, 0.15) is 5.02 Å². The monoisotopic (exact) mass is 354 g/mol. The molecule has 1 N–H and O–H groups in total. The summed E-state index contributed by atoms with van der Waals surface area (Å²) in [5.74, 6) is 0. The van der Waals surface area contributed by atoms with Crippen molar-refractivity contribution in [2.45, 2.75) is 13.0 Å². The van der Waals surface area contributed by atoms with Crippen LogP contribution in [-0.4, -0.2) is 4.92 Å². The zero-order valence-corrected chi connectivity index (χ0v) is 13.0. The van der Waals surface area contributed by atoms with E-state index in [1.54, 1.807) is 6.07 Å². The second kappa shape index (κ2) is 6.24. The molecule has 0 bridgehead atoms. The van der Waals surface area contributed by atoms with E-state index < -0.39 is 4.92 Å². The van der Waals surface area contributed by atoms with Crippen LogP contribution in [0.4, 0.5) is 11.4 Å². The van der Waals surface area contributed by atoms with Gasteiger partial charge in [0.05, 0.1) is 4.92 Å². The molecule has 0 saturated heterocycles. The van der Waals surface area contributed by atoms with E-state index in [0.29, 0.717) is 5.69 Å². The molecule has 1 atom stereocenters. The number of benzene rings is 2. The number of nitrogens with one attached hydrogen (secondary N) is 1. The molecule has 20 heavy (non-hydrogen) atoms. The van der Waals surface area contributed by atoms with Crippen molar-refractivity contribution in [3.05, 3.63) is 67.6 Å². The number of halogens is 2. The molecule has 0 aromatic heterocycles. The molecule has 2 rings (SSSR count). The molecule has 0 aliphatic carbocycles. The molecule has 2 aromatic rings. The highest BCUT2D eigenvalue weighted by Crippen LogP contribution is 2.29. The van der Waals surface area contributed by atoms with Gasteiger partial charge in [-0.25, -0.2) is 0 Å². The molecule has 0 radical (unpaired) electrons. The first-order valence-electron chi connectivity index (χ1n) is 5.93. The average molecular weight is 356 g/mol. The Labute approximate surface area is 130 Å². The first kappa shape index (κ1) is 14.8. The van der Waals surface area contributed by atoms with E-state index in [4.69, 9.17) is 11.6 Å². The molecule has 2 aromatic carbocycles. The molecule has 0 saturated carbocycles. The van der Waals surface area contributed by atoms with Crippen molar-refractivity contribution in [3.63, 3.8) is 0 Å². The number of hydrogen-bond donors (Lipinski definition) is 1. The van der Waals surface area contributed by atoms with Crippen LogP contribution in [-0.2, 0) is 0 Å². The van der Waals surface area contributed by atoms with E-state index in [9.17, 15) is 10.1 Å². The summed E-state index contributed by atoms with van der Waals surface area (Å²) in [6, 6.07) is 12.6. The van der Waals surface area contributed by atoms with Gasteiger partial charge in [0.15, 0.2) is 0 Å². The normalized spacial score (nSPS) is 11.9. The number of nitro groups is 1. The van der Waals surface area contributed by atoms with Crippen molar-refractivity contribution >= 4 is 38.9 Å². The Morgan fingerprint density at radius 2 is 2.05 bits per heavy atom. The molecule has 4 nitrogen and oxygen atoms in total. The van der Waals surface area contributed by atoms with Crippen LogP contribution in [0, 0.1) is 10.1 Å². The summed E-state index contributed by atoms with van der Waals surface area (Å²) in [5, 5.41) is 14.2. The minimum absolute atomic E-state index is 0.0216. The third-order valence-corrected chi connectivity index (χ3v) is 3.69. The van der Waals surface area contributed by atoms with E-state index in [1.165, 1.54) is 12.1 Å². The molecule has 0 aliphatic heterocycles. The predicted octanol–water partition coefficient (Wildman–Crippen LogP) is 5.18. The highest BCUT2D eigenvalue weighted by atomic mass is 79.9. The molecular weight excluding hydrogens is 344 g/mol. The van der Waals surface area contributed by atoms with E-state index in [2.05, 4.69) is 21.2 Å². The topological polar surface area (TPSA) is 55.2 Å². The lowest BCUT2D eigenvalue weighted by Crippen LogP contribution is -2.06. The maximum absolute atomic E-state index is 10.9. The Bertz CT molecular complexity index is 649. The summed E-state index contributed by atoms with van der Waals surface area (Å²) in [4.78, 5) is 10.4. The van der Waals surface area contributed by atoms with E-state index >= 15 is 0 Å². The lowest BCUT2D eigenvalue weighted by atomic mass is 10.1. The van der Waals surface area contributed by atoms with Crippen molar-refractivity contribution in [2.75, 3.05) is 5.32 Å². The molecule has 0 amide bonds. The molecule has 0 heterocycles. The van der Waals surface area contributed by atoms with Gasteiger partial charge >= 0.3 is 0 Å². The van der Waals surface area contributed by atoms with E-state index in [1.807, 2.05) is 31.2 Å². The van der Waals surface area contributed by atoms with E-state index in [0.717, 1.165) is 10.0 Å². The Balaban J connectivity index is 2.22. The lowest BCUT2D eigenvalue weighted by molar-refractivity contribution is -0.384. The summed E-state index contributed by atoms with van der Waals surface area (Å²) >= 11 is 9.21. The molecular formula is C14H12BrClN2O2. The summed E-state index contributed by atoms with van der Waals surface area (Å²) in [6.45, 7) is 1.99. The molecule has 1 unspecified atom stereocenters. The van der Waals surface area contributed by atoms with Gasteiger partial charge in [-0.1, -0.05) is 39.7 Å². The van der Waals surface area contributed by atoms with Crippen molar-refractivity contribution in [1.82, 2.24) is 0 Å². The number of nitro benzene ring substituents is 1. The fourth-order valence-corrected chi connectivity index (χ4v) is 2.46. The van der Waals surface area contributed by atoms with Crippen LogP contribution in [0.2, 0.25) is 5.02 Å². The smallest absolute Gasteiger partial charge is 0.289 e. The van der Waals surface area contributed by atoms with Gasteiger partial charge in [-0.3, -0.25) is 10.1 Å². The zero-order chi connectivity index (χ0) is 14.7. The standard InChI is InChI=1S/C14H12BrClN2O2/c1-9(10-3-2-4-11(15)7-10)17-12-5-6-13(16)14(8-12)18(19)20/h2-9,17H,1H3. The average Bonchev–Trinajstić information content (AvgIpc) is 2.40. The number of hydrogen-bond acceptors (Lipinski definition) is 3. The van der Waals surface area contributed by atoms with E-state index in [-0.39, 0.29) is 16.8 Å². The summed E-state index contributed by atoms with van der Waals surface area (Å²) in [7, 11) is 0. The van der Waals surface area contributed by atoms with Crippen LogP contribution < -0.4 is 5.32 Å². The third kappa shape index (κ3) is 3.49. The van der Waals surface area contributed by atoms with Gasteiger partial charge < -0.3 is 5.32 Å². The summed E-state index contributed by atoms with van der Waals surface area (Å²) < 4.78 is 0.991. The van der Waals surface area contributed by atoms with Gasteiger partial charge in [-0.15, -0.1) is 0 Å². The summed E-state index contributed by atoms with van der Waals surface area (Å²) in [5.41, 5.74) is 1.64. The molecule has 104 valence electrons. The largest absolute Gasteiger partial charge is 0.378 e. The van der Waals surface area contributed by atoms with Gasteiger partial charge in [-0.05, 0) is 36.8 Å². The van der Waals surface area contributed by atoms with Crippen molar-refractivity contribution < 1.29 is 4.92 Å². The molecule has 0 fully saturated rings. The Hall–Kier alpha value is -1.59. The SMILES string of the molecule is CC(Nc1ccc(Cl)c([N+](=O)[O-])c1)c1cccc(Br)c1. The second-order valence-corrected chi connectivity index (χ2v) is 5.67. The zero-order valence-electron chi connectivity index (χ0n) is 10.6. The highest BCUT2D eigenvalue weighted by Gasteiger charge is 2.14. The quantitative estimate of drug-likeness (QED) is 0.607. The van der Waals surface area contributed by atoms with Gasteiger partial charge in [0.2, 0.25) is 0 Å². The van der Waals surface area contributed by atoms with Crippen LogP contribution in [0.1, 0.15) is 18.5 Å². The maximum Gasteiger partial charge on any atom is 0.289 e. The van der Waals surface area contributed by atoms with Crippen LogP contribution in [0.5, 0.6) is 0 Å². The first-order valence-corrected chi connectivity index (χ1v) is 7.10. The summed E-state index contributed by atoms with van der Waals surface area (Å²) in [6.07, 6.45) is 0. The fraction of sp³-hybridized carbons (Fsp3) is 0.143. The highest BCUT2D eigenvalue weighted by molar-refractivity contribution is 9.10.